The van der Waals surface area contributed by atoms with Crippen molar-refractivity contribution >= 4 is 32.7 Å². The lowest BCUT2D eigenvalue weighted by Gasteiger charge is -2.11. The second-order valence-corrected chi connectivity index (χ2v) is 9.48. The van der Waals surface area contributed by atoms with Gasteiger partial charge in [0.15, 0.2) is 5.95 Å². The van der Waals surface area contributed by atoms with E-state index in [1.54, 1.807) is 10.9 Å². The van der Waals surface area contributed by atoms with Crippen molar-refractivity contribution in [3.8, 4) is 22.5 Å². The zero-order chi connectivity index (χ0) is 19.7. The fraction of sp³-hybridized carbons (Fsp3) is 0.211. The molecule has 0 radical (unpaired) electrons. The van der Waals surface area contributed by atoms with Crippen molar-refractivity contribution in [2.75, 3.05) is 11.6 Å². The van der Waals surface area contributed by atoms with Crippen LogP contribution in [-0.2, 0) is 7.05 Å². The highest BCUT2D eigenvalue weighted by Crippen LogP contribution is 2.29. The van der Waals surface area contributed by atoms with Crippen molar-refractivity contribution in [1.82, 2.24) is 24.1 Å². The third-order valence-corrected chi connectivity index (χ3v) is 6.29. The Kier molecular flexibility index (Phi) is 5.16. The lowest BCUT2D eigenvalue weighted by molar-refractivity contribution is 0.294. The van der Waals surface area contributed by atoms with Gasteiger partial charge in [-0.15, -0.1) is 0 Å². The standard InChI is InChI=1S/C19H21ClN6OSi/c1-12(11-27)28-24-19-21-8-17-18(14-7-22-25(2)9-14)23-16(10-26(17)19)13-3-5-15(20)6-4-13/h3-10,12,27H,11,28H2,1-2H3,(H,21,24)/t12-/m0/s1. The summed E-state index contributed by atoms with van der Waals surface area (Å²) in [5.41, 5.74) is 4.70. The fourth-order valence-electron chi connectivity index (χ4n) is 2.97. The number of anilines is 1. The Morgan fingerprint density at radius 2 is 1.96 bits per heavy atom. The van der Waals surface area contributed by atoms with Gasteiger partial charge >= 0.3 is 0 Å². The maximum atomic E-state index is 9.32. The topological polar surface area (TPSA) is 80.3 Å². The first-order chi connectivity index (χ1) is 13.5. The molecule has 1 aromatic carbocycles. The van der Waals surface area contributed by atoms with E-state index in [1.165, 1.54) is 0 Å². The first kappa shape index (κ1) is 18.7. The quantitative estimate of drug-likeness (QED) is 0.476. The van der Waals surface area contributed by atoms with Crippen LogP contribution < -0.4 is 4.98 Å². The van der Waals surface area contributed by atoms with Crippen molar-refractivity contribution < 1.29 is 5.11 Å². The van der Waals surface area contributed by atoms with Crippen molar-refractivity contribution in [2.45, 2.75) is 12.5 Å². The number of aliphatic hydroxyl groups is 1. The van der Waals surface area contributed by atoms with Gasteiger partial charge in [-0.2, -0.15) is 5.10 Å². The first-order valence-electron chi connectivity index (χ1n) is 9.03. The van der Waals surface area contributed by atoms with Crippen LogP contribution in [0, 0.1) is 0 Å². The van der Waals surface area contributed by atoms with E-state index in [0.717, 1.165) is 34.0 Å². The van der Waals surface area contributed by atoms with Gasteiger partial charge in [0.25, 0.3) is 0 Å². The zero-order valence-corrected chi connectivity index (χ0v) is 17.8. The number of hydrogen-bond donors (Lipinski definition) is 2. The SMILES string of the molecule is C[C@@H](CO)[SiH2]Nc1ncc2c(-c3cnn(C)c3)nc(-c3ccc(Cl)cc3)cn12. The van der Waals surface area contributed by atoms with Crippen LogP contribution in [0.4, 0.5) is 5.95 Å². The van der Waals surface area contributed by atoms with E-state index in [-0.39, 0.29) is 12.1 Å². The number of aliphatic hydroxyl groups excluding tert-OH is 1. The van der Waals surface area contributed by atoms with Gasteiger partial charge < -0.3 is 10.1 Å². The molecule has 0 aliphatic rings. The van der Waals surface area contributed by atoms with Crippen LogP contribution in [-0.4, -0.2) is 45.5 Å². The number of fused-ring (bicyclic) bond motifs is 1. The minimum absolute atomic E-state index is 0.182. The lowest BCUT2D eigenvalue weighted by Crippen LogP contribution is -2.16. The van der Waals surface area contributed by atoms with Gasteiger partial charge in [-0.3, -0.25) is 9.08 Å². The molecule has 0 aliphatic heterocycles. The Hall–Kier alpha value is -2.68. The third kappa shape index (κ3) is 3.66. The normalized spacial score (nSPS) is 12.9. The van der Waals surface area contributed by atoms with Crippen LogP contribution in [0.15, 0.2) is 49.1 Å². The summed E-state index contributed by atoms with van der Waals surface area (Å²) < 4.78 is 3.78. The molecule has 1 atom stereocenters. The van der Waals surface area contributed by atoms with Gasteiger partial charge in [0, 0.05) is 42.2 Å². The van der Waals surface area contributed by atoms with Crippen molar-refractivity contribution in [3.63, 3.8) is 0 Å². The highest BCUT2D eigenvalue weighted by molar-refractivity contribution is 6.41. The zero-order valence-electron chi connectivity index (χ0n) is 15.7. The highest BCUT2D eigenvalue weighted by Gasteiger charge is 2.15. The van der Waals surface area contributed by atoms with Crippen LogP contribution in [0.1, 0.15) is 6.92 Å². The summed E-state index contributed by atoms with van der Waals surface area (Å²) in [6, 6.07) is 7.62. The smallest absolute Gasteiger partial charge is 0.199 e. The number of aryl methyl sites for hydroxylation is 1. The summed E-state index contributed by atoms with van der Waals surface area (Å²) in [6.45, 7) is 2.22. The lowest BCUT2D eigenvalue weighted by atomic mass is 10.1. The van der Waals surface area contributed by atoms with Crippen LogP contribution in [0.2, 0.25) is 10.6 Å². The first-order valence-corrected chi connectivity index (χ1v) is 10.9. The van der Waals surface area contributed by atoms with E-state index in [0.29, 0.717) is 5.02 Å². The molecule has 0 amide bonds. The maximum absolute atomic E-state index is 9.32. The molecule has 4 rings (SSSR count). The van der Waals surface area contributed by atoms with Crippen LogP contribution >= 0.6 is 11.6 Å². The van der Waals surface area contributed by atoms with E-state index in [4.69, 9.17) is 16.6 Å². The number of aromatic nitrogens is 5. The van der Waals surface area contributed by atoms with Gasteiger partial charge in [-0.1, -0.05) is 30.7 Å². The second kappa shape index (κ2) is 7.74. The number of nitrogens with zero attached hydrogens (tertiary/aromatic N) is 5. The number of benzene rings is 1. The summed E-state index contributed by atoms with van der Waals surface area (Å²) in [5, 5.41) is 14.3. The Bertz CT molecular complexity index is 1110. The van der Waals surface area contributed by atoms with Gasteiger partial charge in [-0.25, -0.2) is 9.97 Å². The van der Waals surface area contributed by atoms with Crippen LogP contribution in [0.5, 0.6) is 0 Å². The molecule has 28 heavy (non-hydrogen) atoms. The Morgan fingerprint density at radius 1 is 1.18 bits per heavy atom. The molecule has 0 spiro atoms. The van der Waals surface area contributed by atoms with Gasteiger partial charge in [0.1, 0.15) is 9.68 Å². The van der Waals surface area contributed by atoms with Crippen molar-refractivity contribution in [1.29, 1.82) is 0 Å². The highest BCUT2D eigenvalue weighted by atomic mass is 35.5. The van der Waals surface area contributed by atoms with Crippen molar-refractivity contribution in [2.24, 2.45) is 7.05 Å². The maximum Gasteiger partial charge on any atom is 0.199 e. The average molecular weight is 413 g/mol. The molecule has 7 nitrogen and oxygen atoms in total. The number of halogens is 1. The van der Waals surface area contributed by atoms with Crippen LogP contribution in [0.25, 0.3) is 28.0 Å². The molecule has 0 saturated carbocycles. The predicted molar refractivity (Wildman–Crippen MR) is 114 cm³/mol. The summed E-state index contributed by atoms with van der Waals surface area (Å²) in [7, 11) is 1.17. The fourth-order valence-corrected chi connectivity index (χ4v) is 4.02. The molecule has 0 unspecified atom stereocenters. The van der Waals surface area contributed by atoms with E-state index in [1.807, 2.05) is 61.2 Å². The Balaban J connectivity index is 1.86. The molecule has 0 bridgehead atoms. The molecule has 9 heteroatoms. The van der Waals surface area contributed by atoms with E-state index < -0.39 is 9.68 Å². The van der Waals surface area contributed by atoms with E-state index in [9.17, 15) is 5.11 Å². The molecular formula is C19H21ClN6OSi. The number of imidazole rings is 1. The molecule has 3 aromatic heterocycles. The monoisotopic (exact) mass is 412 g/mol. The second-order valence-electron chi connectivity index (χ2n) is 6.89. The number of hydrogen-bond acceptors (Lipinski definition) is 5. The minimum Gasteiger partial charge on any atom is -0.396 e. The van der Waals surface area contributed by atoms with Crippen molar-refractivity contribution in [3.05, 3.63) is 54.1 Å². The third-order valence-electron chi connectivity index (χ3n) is 4.56. The molecule has 0 saturated heterocycles. The van der Waals surface area contributed by atoms with Gasteiger partial charge in [-0.05, 0) is 17.7 Å². The number of nitrogens with one attached hydrogen (secondary N) is 1. The van der Waals surface area contributed by atoms with E-state index in [2.05, 4.69) is 15.1 Å². The molecule has 3 heterocycles. The Labute approximate surface area is 169 Å². The molecule has 144 valence electrons. The van der Waals surface area contributed by atoms with Gasteiger partial charge in [0.2, 0.25) is 0 Å². The molecular weight excluding hydrogens is 392 g/mol. The summed E-state index contributed by atoms with van der Waals surface area (Å²) >= 11 is 6.04. The molecule has 0 fully saturated rings. The summed E-state index contributed by atoms with van der Waals surface area (Å²) in [5.74, 6) is 0.768. The predicted octanol–water partition coefficient (Wildman–Crippen LogP) is 2.75. The molecule has 2 N–H and O–H groups in total. The molecule has 0 aliphatic carbocycles. The minimum atomic E-state index is -0.711. The summed E-state index contributed by atoms with van der Waals surface area (Å²) in [6.07, 6.45) is 7.54. The van der Waals surface area contributed by atoms with E-state index >= 15 is 0 Å². The largest absolute Gasteiger partial charge is 0.396 e. The Morgan fingerprint density at radius 3 is 2.64 bits per heavy atom. The summed E-state index contributed by atoms with van der Waals surface area (Å²) in [4.78, 5) is 12.9. The van der Waals surface area contributed by atoms with Crippen LogP contribution in [0.3, 0.4) is 0 Å². The average Bonchev–Trinajstić information content (AvgIpc) is 3.32. The number of rotatable bonds is 6. The van der Waals surface area contributed by atoms with Gasteiger partial charge in [0.05, 0.1) is 29.3 Å². The molecule has 4 aromatic rings.